The van der Waals surface area contributed by atoms with Gasteiger partial charge >= 0.3 is 0 Å². The number of ether oxygens (including phenoxy) is 2. The Labute approximate surface area is 200 Å². The van der Waals surface area contributed by atoms with Gasteiger partial charge in [0.1, 0.15) is 0 Å². The Bertz CT molecular complexity index is 976. The molecular weight excluding hydrogens is 438 g/mol. The van der Waals surface area contributed by atoms with Crippen molar-refractivity contribution in [3.63, 3.8) is 0 Å². The molecule has 33 heavy (non-hydrogen) atoms. The van der Waals surface area contributed by atoms with E-state index in [1.54, 1.807) is 36.4 Å². The molecule has 0 saturated heterocycles. The van der Waals surface area contributed by atoms with Gasteiger partial charge in [0.2, 0.25) is 0 Å². The Morgan fingerprint density at radius 1 is 0.818 bits per heavy atom. The predicted molar refractivity (Wildman–Crippen MR) is 131 cm³/mol. The van der Waals surface area contributed by atoms with Gasteiger partial charge in [-0.3, -0.25) is 9.59 Å². The highest BCUT2D eigenvalue weighted by molar-refractivity contribution is 6.32. The lowest BCUT2D eigenvalue weighted by Crippen LogP contribution is -2.23. The van der Waals surface area contributed by atoms with Gasteiger partial charge in [0.25, 0.3) is 5.91 Å². The van der Waals surface area contributed by atoms with Crippen molar-refractivity contribution in [2.45, 2.75) is 83.3 Å². The van der Waals surface area contributed by atoms with Gasteiger partial charge in [-0.1, -0.05) is 24.4 Å². The lowest BCUT2D eigenvalue weighted by Gasteiger charge is -2.28. The molecule has 4 rings (SSSR count). The van der Waals surface area contributed by atoms with Crippen LogP contribution in [0.25, 0.3) is 0 Å². The number of ketones is 1. The lowest BCUT2D eigenvalue weighted by atomic mass is 9.97. The van der Waals surface area contributed by atoms with Gasteiger partial charge in [0.05, 0.1) is 17.2 Å². The van der Waals surface area contributed by atoms with E-state index in [9.17, 15) is 9.59 Å². The molecule has 176 valence electrons. The second-order valence-electron chi connectivity index (χ2n) is 9.13. The molecule has 0 aromatic heterocycles. The van der Waals surface area contributed by atoms with Crippen molar-refractivity contribution in [1.29, 1.82) is 0 Å². The van der Waals surface area contributed by atoms with Crippen LogP contribution in [0.5, 0.6) is 11.5 Å². The van der Waals surface area contributed by atoms with Gasteiger partial charge < -0.3 is 14.8 Å². The second kappa shape index (κ2) is 11.1. The van der Waals surface area contributed by atoms with Crippen LogP contribution >= 0.6 is 11.6 Å². The summed E-state index contributed by atoms with van der Waals surface area (Å²) >= 11 is 6.65. The molecule has 5 nitrogen and oxygen atoms in total. The van der Waals surface area contributed by atoms with E-state index < -0.39 is 0 Å². The summed E-state index contributed by atoms with van der Waals surface area (Å²) in [5.74, 6) is 0.802. The van der Waals surface area contributed by atoms with Crippen molar-refractivity contribution < 1.29 is 19.1 Å². The summed E-state index contributed by atoms with van der Waals surface area (Å²) in [6.07, 6.45) is 11.3. The Hall–Kier alpha value is -2.53. The minimum Gasteiger partial charge on any atom is -0.486 e. The van der Waals surface area contributed by atoms with Crippen molar-refractivity contribution in [2.75, 3.05) is 5.32 Å². The van der Waals surface area contributed by atoms with E-state index in [1.807, 2.05) is 0 Å². The van der Waals surface area contributed by atoms with Crippen molar-refractivity contribution in [2.24, 2.45) is 0 Å². The molecule has 0 bridgehead atoms. The van der Waals surface area contributed by atoms with E-state index >= 15 is 0 Å². The van der Waals surface area contributed by atoms with Crippen LogP contribution in [0.15, 0.2) is 36.4 Å². The van der Waals surface area contributed by atoms with E-state index in [1.165, 1.54) is 19.8 Å². The van der Waals surface area contributed by atoms with Gasteiger partial charge in [-0.05, 0) is 94.7 Å². The van der Waals surface area contributed by atoms with Crippen LogP contribution in [0.4, 0.5) is 5.69 Å². The van der Waals surface area contributed by atoms with Gasteiger partial charge in [0.15, 0.2) is 17.3 Å². The molecule has 0 aliphatic heterocycles. The first kappa shape index (κ1) is 23.6. The standard InChI is InChI=1S/C27H32ClNO4/c1-18(30)19-12-14-21(15-13-19)29-27(31)20-16-24(28)26(33-23-10-6-3-7-11-23)25(17-20)32-22-8-4-2-5-9-22/h12-17,22-23H,2-11H2,1H3,(H,29,31). The number of Topliss-reactive ketones (excluding diaryl/α,β-unsaturated/α-hetero) is 1. The number of amides is 1. The molecule has 2 aromatic carbocycles. The topological polar surface area (TPSA) is 64.6 Å². The van der Waals surface area contributed by atoms with E-state index in [4.69, 9.17) is 21.1 Å². The minimum absolute atomic E-state index is 0.0160. The Morgan fingerprint density at radius 2 is 1.39 bits per heavy atom. The molecule has 0 spiro atoms. The molecule has 0 atom stereocenters. The minimum atomic E-state index is -0.287. The molecule has 1 N–H and O–H groups in total. The molecular formula is C27H32ClNO4. The lowest BCUT2D eigenvalue weighted by molar-refractivity contribution is 0.101. The van der Waals surface area contributed by atoms with E-state index in [2.05, 4.69) is 5.32 Å². The number of rotatable bonds is 7. The average molecular weight is 470 g/mol. The fourth-order valence-electron chi connectivity index (χ4n) is 4.60. The fourth-order valence-corrected chi connectivity index (χ4v) is 4.86. The third-order valence-electron chi connectivity index (χ3n) is 6.50. The molecule has 1 amide bonds. The monoisotopic (exact) mass is 469 g/mol. The summed E-state index contributed by atoms with van der Waals surface area (Å²) in [6, 6.07) is 10.2. The summed E-state index contributed by atoms with van der Waals surface area (Å²) in [5, 5.41) is 3.27. The highest BCUT2D eigenvalue weighted by Crippen LogP contribution is 2.40. The number of halogens is 1. The average Bonchev–Trinajstić information content (AvgIpc) is 2.82. The maximum atomic E-state index is 13.0. The molecule has 0 radical (unpaired) electrons. The molecule has 2 aromatic rings. The number of carbonyl (C=O) groups excluding carboxylic acids is 2. The largest absolute Gasteiger partial charge is 0.486 e. The molecule has 2 aliphatic rings. The number of anilines is 1. The first-order valence-corrected chi connectivity index (χ1v) is 12.5. The van der Waals surface area contributed by atoms with Gasteiger partial charge in [-0.25, -0.2) is 0 Å². The van der Waals surface area contributed by atoms with Crippen molar-refractivity contribution >= 4 is 29.0 Å². The highest BCUT2D eigenvalue weighted by Gasteiger charge is 2.24. The van der Waals surface area contributed by atoms with Crippen LogP contribution in [0.1, 0.15) is 91.8 Å². The molecule has 2 aliphatic carbocycles. The first-order valence-electron chi connectivity index (χ1n) is 12.1. The Morgan fingerprint density at radius 3 is 1.97 bits per heavy atom. The number of hydrogen-bond acceptors (Lipinski definition) is 4. The maximum Gasteiger partial charge on any atom is 0.255 e. The fraction of sp³-hybridized carbons (Fsp3) is 0.481. The van der Waals surface area contributed by atoms with E-state index in [0.717, 1.165) is 51.4 Å². The van der Waals surface area contributed by atoms with Crippen LogP contribution in [0.2, 0.25) is 5.02 Å². The number of nitrogens with one attached hydrogen (secondary N) is 1. The third-order valence-corrected chi connectivity index (χ3v) is 6.78. The smallest absolute Gasteiger partial charge is 0.255 e. The van der Waals surface area contributed by atoms with Crippen molar-refractivity contribution in [3.05, 3.63) is 52.5 Å². The van der Waals surface area contributed by atoms with Crippen LogP contribution in [0.3, 0.4) is 0 Å². The third kappa shape index (κ3) is 6.29. The summed E-state index contributed by atoms with van der Waals surface area (Å²) in [7, 11) is 0. The van der Waals surface area contributed by atoms with Gasteiger partial charge in [-0.15, -0.1) is 0 Å². The number of carbonyl (C=O) groups is 2. The van der Waals surface area contributed by atoms with Gasteiger partial charge in [0, 0.05) is 16.8 Å². The van der Waals surface area contributed by atoms with Crippen molar-refractivity contribution in [3.8, 4) is 11.5 Å². The summed E-state index contributed by atoms with van der Waals surface area (Å²) in [6.45, 7) is 1.51. The predicted octanol–water partition coefficient (Wildman–Crippen LogP) is 7.22. The second-order valence-corrected chi connectivity index (χ2v) is 9.54. The highest BCUT2D eigenvalue weighted by atomic mass is 35.5. The first-order chi connectivity index (χ1) is 16.0. The zero-order chi connectivity index (χ0) is 23.2. The molecule has 2 saturated carbocycles. The normalized spacial score (nSPS) is 17.4. The maximum absolute atomic E-state index is 13.0. The zero-order valence-corrected chi connectivity index (χ0v) is 20.0. The Kier molecular flexibility index (Phi) is 7.92. The summed E-state index contributed by atoms with van der Waals surface area (Å²) in [5.41, 5.74) is 1.62. The SMILES string of the molecule is CC(=O)c1ccc(NC(=O)c2cc(Cl)c(OC3CCCCC3)c(OC3CCCCC3)c2)cc1. The molecule has 6 heteroatoms. The van der Waals surface area contributed by atoms with E-state index in [0.29, 0.717) is 33.3 Å². The molecule has 0 unspecified atom stereocenters. The molecule has 0 heterocycles. The number of benzene rings is 2. The summed E-state index contributed by atoms with van der Waals surface area (Å²) in [4.78, 5) is 24.5. The van der Waals surface area contributed by atoms with Crippen LogP contribution < -0.4 is 14.8 Å². The Balaban J connectivity index is 1.56. The zero-order valence-electron chi connectivity index (χ0n) is 19.2. The van der Waals surface area contributed by atoms with Crippen molar-refractivity contribution in [1.82, 2.24) is 0 Å². The molecule has 2 fully saturated rings. The summed E-state index contributed by atoms with van der Waals surface area (Å²) < 4.78 is 12.7. The number of hydrogen-bond donors (Lipinski definition) is 1. The van der Waals surface area contributed by atoms with Crippen LogP contribution in [-0.4, -0.2) is 23.9 Å². The van der Waals surface area contributed by atoms with Crippen LogP contribution in [0, 0.1) is 0 Å². The van der Waals surface area contributed by atoms with E-state index in [-0.39, 0.29) is 23.9 Å². The van der Waals surface area contributed by atoms with Crippen LogP contribution in [-0.2, 0) is 0 Å². The van der Waals surface area contributed by atoms with Gasteiger partial charge in [-0.2, -0.15) is 0 Å². The quantitative estimate of drug-likeness (QED) is 0.435.